The zero-order valence-electron chi connectivity index (χ0n) is 15.9. The number of methoxy groups -OCH3 is 2. The van der Waals surface area contributed by atoms with Gasteiger partial charge in [-0.25, -0.2) is 4.79 Å². The summed E-state index contributed by atoms with van der Waals surface area (Å²) in [5.74, 6) is 1.53. The number of carbonyl (C=O) groups is 2. The van der Waals surface area contributed by atoms with Gasteiger partial charge in [0.05, 0.1) is 14.2 Å². The van der Waals surface area contributed by atoms with Crippen LogP contribution in [-0.4, -0.2) is 37.2 Å². The van der Waals surface area contributed by atoms with E-state index in [4.69, 9.17) is 9.47 Å². The summed E-state index contributed by atoms with van der Waals surface area (Å²) >= 11 is 0. The minimum atomic E-state index is -0.930. The second-order valence-corrected chi connectivity index (χ2v) is 8.63. The first-order chi connectivity index (χ1) is 12.9. The summed E-state index contributed by atoms with van der Waals surface area (Å²) in [5, 5.41) is 12.8. The molecule has 4 aliphatic carbocycles. The van der Waals surface area contributed by atoms with Crippen LogP contribution in [0.4, 0.5) is 0 Å². The van der Waals surface area contributed by atoms with Crippen LogP contribution in [0.2, 0.25) is 0 Å². The molecule has 0 aromatic heterocycles. The molecule has 4 saturated carbocycles. The Bertz CT molecular complexity index is 701. The molecule has 6 heteroatoms. The van der Waals surface area contributed by atoms with E-state index >= 15 is 0 Å². The molecule has 27 heavy (non-hydrogen) atoms. The first-order valence-electron chi connectivity index (χ1n) is 9.69. The highest BCUT2D eigenvalue weighted by atomic mass is 16.5. The second kappa shape index (κ2) is 6.73. The molecule has 1 amide bonds. The van der Waals surface area contributed by atoms with Gasteiger partial charge in [0, 0.05) is 17.0 Å². The predicted molar refractivity (Wildman–Crippen MR) is 99.0 cm³/mol. The second-order valence-electron chi connectivity index (χ2n) is 8.63. The van der Waals surface area contributed by atoms with Gasteiger partial charge in [0.2, 0.25) is 0 Å². The number of carboxylic acids is 1. The van der Waals surface area contributed by atoms with Crippen molar-refractivity contribution < 1.29 is 24.2 Å². The van der Waals surface area contributed by atoms with Crippen LogP contribution in [0.3, 0.4) is 0 Å². The number of hydrogen-bond donors (Lipinski definition) is 2. The van der Waals surface area contributed by atoms with Gasteiger partial charge in [-0.3, -0.25) is 4.79 Å². The van der Waals surface area contributed by atoms with Crippen LogP contribution in [0.1, 0.15) is 48.9 Å². The molecule has 1 aromatic carbocycles. The van der Waals surface area contributed by atoms with Gasteiger partial charge in [0.25, 0.3) is 5.91 Å². The number of hydrogen-bond acceptors (Lipinski definition) is 4. The minimum Gasteiger partial charge on any atom is -0.497 e. The van der Waals surface area contributed by atoms with Gasteiger partial charge in [0.15, 0.2) is 0 Å². The molecule has 4 fully saturated rings. The Morgan fingerprint density at radius 1 is 1.00 bits per heavy atom. The van der Waals surface area contributed by atoms with Crippen molar-refractivity contribution in [2.75, 3.05) is 14.2 Å². The smallest absolute Gasteiger partial charge is 0.326 e. The van der Waals surface area contributed by atoms with Gasteiger partial charge in [-0.2, -0.15) is 0 Å². The zero-order valence-corrected chi connectivity index (χ0v) is 15.9. The Morgan fingerprint density at radius 2 is 1.48 bits per heavy atom. The molecule has 1 atom stereocenters. The third-order valence-electron chi connectivity index (χ3n) is 6.83. The van der Waals surface area contributed by atoms with Gasteiger partial charge >= 0.3 is 5.97 Å². The molecule has 0 radical (unpaired) electrons. The van der Waals surface area contributed by atoms with Gasteiger partial charge in [0.1, 0.15) is 17.5 Å². The van der Waals surface area contributed by atoms with E-state index in [1.807, 2.05) is 0 Å². The summed E-state index contributed by atoms with van der Waals surface area (Å²) in [6, 6.07) is 4.05. The van der Waals surface area contributed by atoms with Crippen LogP contribution >= 0.6 is 0 Å². The van der Waals surface area contributed by atoms with Gasteiger partial charge < -0.3 is 19.9 Å². The first kappa shape index (κ1) is 18.1. The lowest BCUT2D eigenvalue weighted by molar-refractivity contribution is -0.150. The molecule has 5 rings (SSSR count). The predicted octanol–water partition coefficient (Wildman–Crippen LogP) is 3.10. The molecular weight excluding hydrogens is 346 g/mol. The van der Waals surface area contributed by atoms with Gasteiger partial charge in [-0.15, -0.1) is 0 Å². The number of rotatable bonds is 6. The zero-order chi connectivity index (χ0) is 19.2. The van der Waals surface area contributed by atoms with Crippen molar-refractivity contribution in [2.45, 2.75) is 44.6 Å². The van der Waals surface area contributed by atoms with Gasteiger partial charge in [-0.05, 0) is 68.4 Å². The Labute approximate surface area is 159 Å². The Balaban J connectivity index is 1.59. The lowest BCUT2D eigenvalue weighted by Gasteiger charge is -2.58. The quantitative estimate of drug-likeness (QED) is 0.800. The molecule has 2 N–H and O–H groups in total. The molecule has 0 aliphatic heterocycles. The number of carboxylic acid groups (broad SMARTS) is 1. The van der Waals surface area contributed by atoms with Crippen LogP contribution in [0, 0.1) is 23.2 Å². The molecule has 0 saturated heterocycles. The number of nitrogens with one attached hydrogen (secondary N) is 1. The monoisotopic (exact) mass is 373 g/mol. The van der Waals surface area contributed by atoms with E-state index in [-0.39, 0.29) is 5.41 Å². The normalized spacial score (nSPS) is 32.0. The van der Waals surface area contributed by atoms with Crippen LogP contribution in [0.25, 0.3) is 0 Å². The van der Waals surface area contributed by atoms with Crippen molar-refractivity contribution in [1.29, 1.82) is 0 Å². The molecule has 1 aromatic rings. The van der Waals surface area contributed by atoms with Crippen LogP contribution in [0.15, 0.2) is 18.2 Å². The molecular formula is C21H27NO5. The third kappa shape index (κ3) is 3.26. The molecule has 0 spiro atoms. The van der Waals surface area contributed by atoms with E-state index in [0.717, 1.165) is 19.3 Å². The summed E-state index contributed by atoms with van der Waals surface area (Å²) < 4.78 is 10.4. The lowest BCUT2D eigenvalue weighted by Crippen LogP contribution is -2.59. The number of aliphatic carboxylic acids is 1. The molecule has 0 unspecified atom stereocenters. The van der Waals surface area contributed by atoms with E-state index in [1.165, 1.54) is 33.5 Å². The molecule has 6 nitrogen and oxygen atoms in total. The van der Waals surface area contributed by atoms with E-state index in [0.29, 0.717) is 34.8 Å². The highest BCUT2D eigenvalue weighted by Gasteiger charge is 2.56. The summed E-state index contributed by atoms with van der Waals surface area (Å²) in [7, 11) is 3.04. The SMILES string of the molecule is COc1cc(OC)cc(C(=O)N[C@@H](C(=O)O)C23CC4CC(CC(C4)C2)C3)c1. The van der Waals surface area contributed by atoms with Crippen LogP contribution in [-0.2, 0) is 4.79 Å². The lowest BCUT2D eigenvalue weighted by atomic mass is 9.47. The maximum absolute atomic E-state index is 12.9. The topological polar surface area (TPSA) is 84.9 Å². The fourth-order valence-electron chi connectivity index (χ4n) is 6.16. The first-order valence-corrected chi connectivity index (χ1v) is 9.69. The van der Waals surface area contributed by atoms with E-state index < -0.39 is 17.9 Å². The van der Waals surface area contributed by atoms with Crippen molar-refractivity contribution in [1.82, 2.24) is 5.32 Å². The Morgan fingerprint density at radius 3 is 1.89 bits per heavy atom. The molecule has 0 heterocycles. The van der Waals surface area contributed by atoms with Crippen molar-refractivity contribution >= 4 is 11.9 Å². The Kier molecular flexibility index (Phi) is 4.52. The average molecular weight is 373 g/mol. The molecule has 146 valence electrons. The van der Waals surface area contributed by atoms with Crippen molar-refractivity contribution in [3.05, 3.63) is 23.8 Å². The molecule has 4 aliphatic rings. The van der Waals surface area contributed by atoms with Crippen molar-refractivity contribution in [3.8, 4) is 11.5 Å². The largest absolute Gasteiger partial charge is 0.497 e. The average Bonchev–Trinajstić information content (AvgIpc) is 2.63. The Hall–Kier alpha value is -2.24. The maximum Gasteiger partial charge on any atom is 0.326 e. The summed E-state index contributed by atoms with van der Waals surface area (Å²) in [4.78, 5) is 25.1. The summed E-state index contributed by atoms with van der Waals surface area (Å²) in [6.45, 7) is 0. The molecule has 4 bridgehead atoms. The fourth-order valence-corrected chi connectivity index (χ4v) is 6.16. The standard InChI is InChI=1S/C21H27NO5/c1-26-16-6-15(7-17(8-16)27-2)19(23)22-18(20(24)25)21-9-12-3-13(10-21)5-14(4-12)11-21/h6-8,12-14,18H,3-5,9-11H2,1-2H3,(H,22,23)(H,24,25)/t12?,13?,14?,18-,21?/m0/s1. The highest BCUT2D eigenvalue weighted by Crippen LogP contribution is 2.61. The van der Waals surface area contributed by atoms with Crippen molar-refractivity contribution in [2.24, 2.45) is 23.2 Å². The fraction of sp³-hybridized carbons (Fsp3) is 0.619. The maximum atomic E-state index is 12.9. The summed E-state index contributed by atoms with van der Waals surface area (Å²) in [5.41, 5.74) is 0.0429. The third-order valence-corrected chi connectivity index (χ3v) is 6.83. The van der Waals surface area contributed by atoms with E-state index in [2.05, 4.69) is 5.32 Å². The summed E-state index contributed by atoms with van der Waals surface area (Å²) in [6.07, 6.45) is 6.43. The van der Waals surface area contributed by atoms with Crippen LogP contribution in [0.5, 0.6) is 11.5 Å². The van der Waals surface area contributed by atoms with Gasteiger partial charge in [-0.1, -0.05) is 0 Å². The van der Waals surface area contributed by atoms with Crippen LogP contribution < -0.4 is 14.8 Å². The number of ether oxygens (including phenoxy) is 2. The number of carbonyl (C=O) groups excluding carboxylic acids is 1. The van der Waals surface area contributed by atoms with Crippen molar-refractivity contribution in [3.63, 3.8) is 0 Å². The van der Waals surface area contributed by atoms with E-state index in [9.17, 15) is 14.7 Å². The minimum absolute atomic E-state index is 0.306. The number of amides is 1. The number of benzene rings is 1. The highest BCUT2D eigenvalue weighted by molar-refractivity contribution is 5.97. The van der Waals surface area contributed by atoms with E-state index in [1.54, 1.807) is 18.2 Å².